The molecule has 2 amide bonds. The van der Waals surface area contributed by atoms with Crippen LogP contribution >= 0.6 is 0 Å². The number of carbonyl (C=O) groups is 1. The fraction of sp³-hybridized carbons (Fsp3) is 0.250. The molecule has 2 aromatic carbocycles. The molecule has 1 aromatic heterocycles. The van der Waals surface area contributed by atoms with E-state index in [1.165, 1.54) is 19.2 Å². The minimum atomic E-state index is -2.94. The zero-order valence-electron chi connectivity index (χ0n) is 15.4. The molecule has 28 heavy (non-hydrogen) atoms. The summed E-state index contributed by atoms with van der Waals surface area (Å²) < 4.78 is 39.9. The number of alkyl halides is 2. The summed E-state index contributed by atoms with van der Waals surface area (Å²) in [6.45, 7) is -0.941. The van der Waals surface area contributed by atoms with Crippen molar-refractivity contribution in [3.05, 3.63) is 59.9 Å². The number of rotatable bonds is 7. The Morgan fingerprint density at radius 2 is 1.93 bits per heavy atom. The fourth-order valence-corrected chi connectivity index (χ4v) is 2.73. The van der Waals surface area contributed by atoms with Crippen molar-refractivity contribution in [3.63, 3.8) is 0 Å². The van der Waals surface area contributed by atoms with Crippen LogP contribution in [0.5, 0.6) is 11.5 Å². The number of methoxy groups -OCH3 is 1. The summed E-state index contributed by atoms with van der Waals surface area (Å²) in [6.07, 6.45) is 0. The van der Waals surface area contributed by atoms with Crippen LogP contribution in [0.15, 0.2) is 52.9 Å². The summed E-state index contributed by atoms with van der Waals surface area (Å²) >= 11 is 0. The van der Waals surface area contributed by atoms with Gasteiger partial charge in [0.2, 0.25) is 0 Å². The van der Waals surface area contributed by atoms with Gasteiger partial charge in [-0.3, -0.25) is 0 Å². The highest BCUT2D eigenvalue weighted by Crippen LogP contribution is 2.29. The third-order valence-electron chi connectivity index (χ3n) is 4.12. The van der Waals surface area contributed by atoms with Gasteiger partial charge < -0.3 is 24.5 Å². The Kier molecular flexibility index (Phi) is 5.98. The molecule has 0 radical (unpaired) electrons. The summed E-state index contributed by atoms with van der Waals surface area (Å²) in [5, 5.41) is 6.47. The van der Waals surface area contributed by atoms with Crippen LogP contribution in [0.1, 0.15) is 24.3 Å². The Bertz CT molecular complexity index is 925. The summed E-state index contributed by atoms with van der Waals surface area (Å²) in [5.74, 6) is 0.742. The lowest BCUT2D eigenvalue weighted by Gasteiger charge is -2.14. The Hall–Kier alpha value is -3.29. The highest BCUT2D eigenvalue weighted by atomic mass is 19.3. The summed E-state index contributed by atoms with van der Waals surface area (Å²) in [4.78, 5) is 12.2. The molecule has 0 bridgehead atoms. The van der Waals surface area contributed by atoms with Gasteiger partial charge in [0.15, 0.2) is 11.5 Å². The highest BCUT2D eigenvalue weighted by Gasteiger charge is 2.15. The van der Waals surface area contributed by atoms with Gasteiger partial charge in [-0.25, -0.2) is 4.79 Å². The molecule has 0 aliphatic heterocycles. The number of carbonyl (C=O) groups excluding carboxylic acids is 1. The summed E-state index contributed by atoms with van der Waals surface area (Å²) in [7, 11) is 1.35. The topological polar surface area (TPSA) is 72.7 Å². The summed E-state index contributed by atoms with van der Waals surface area (Å²) in [6, 6.07) is 13.2. The second-order valence-corrected chi connectivity index (χ2v) is 6.10. The van der Waals surface area contributed by atoms with Crippen molar-refractivity contribution in [2.24, 2.45) is 0 Å². The van der Waals surface area contributed by atoms with Gasteiger partial charge in [0.1, 0.15) is 11.3 Å². The van der Waals surface area contributed by atoms with Crippen molar-refractivity contribution >= 4 is 17.0 Å². The maximum absolute atomic E-state index is 12.4. The van der Waals surface area contributed by atoms with Gasteiger partial charge in [0.05, 0.1) is 13.2 Å². The van der Waals surface area contributed by atoms with Crippen LogP contribution < -0.4 is 20.1 Å². The summed E-state index contributed by atoms with van der Waals surface area (Å²) in [5.41, 5.74) is 1.43. The minimum Gasteiger partial charge on any atom is -0.493 e. The molecule has 3 aromatic rings. The number of fused-ring (bicyclic) bond motifs is 1. The number of benzene rings is 2. The van der Waals surface area contributed by atoms with E-state index >= 15 is 0 Å². The Morgan fingerprint density at radius 3 is 2.64 bits per heavy atom. The molecular weight excluding hydrogens is 370 g/mol. The lowest BCUT2D eigenvalue weighted by atomic mass is 10.2. The number of amides is 2. The van der Waals surface area contributed by atoms with E-state index in [0.717, 1.165) is 11.0 Å². The third kappa shape index (κ3) is 4.70. The number of hydrogen-bond donors (Lipinski definition) is 2. The van der Waals surface area contributed by atoms with E-state index in [1.807, 2.05) is 37.3 Å². The monoisotopic (exact) mass is 390 g/mol. The molecule has 8 heteroatoms. The highest BCUT2D eigenvalue weighted by molar-refractivity contribution is 5.78. The van der Waals surface area contributed by atoms with Crippen LogP contribution in [0.3, 0.4) is 0 Å². The Labute approximate surface area is 160 Å². The first-order chi connectivity index (χ1) is 13.5. The first-order valence-electron chi connectivity index (χ1n) is 8.61. The van der Waals surface area contributed by atoms with Crippen molar-refractivity contribution in [2.75, 3.05) is 7.11 Å². The SMILES string of the molecule is COc1cc(CNC(=O)N[C@@H](C)c2cc3ccccc3o2)ccc1OC(F)F. The molecule has 0 fully saturated rings. The smallest absolute Gasteiger partial charge is 0.387 e. The molecule has 0 aliphatic rings. The van der Waals surface area contributed by atoms with E-state index < -0.39 is 6.61 Å². The lowest BCUT2D eigenvalue weighted by molar-refractivity contribution is -0.0512. The number of hydrogen-bond acceptors (Lipinski definition) is 4. The predicted octanol–water partition coefficient (Wildman–Crippen LogP) is 4.60. The van der Waals surface area contributed by atoms with Gasteiger partial charge >= 0.3 is 12.6 Å². The van der Waals surface area contributed by atoms with Gasteiger partial charge in [-0.1, -0.05) is 24.3 Å². The maximum atomic E-state index is 12.4. The molecule has 0 saturated heterocycles. The molecule has 0 saturated carbocycles. The zero-order valence-corrected chi connectivity index (χ0v) is 15.4. The van der Waals surface area contributed by atoms with Gasteiger partial charge in [-0.2, -0.15) is 8.78 Å². The molecule has 6 nitrogen and oxygen atoms in total. The predicted molar refractivity (Wildman–Crippen MR) is 99.6 cm³/mol. The average Bonchev–Trinajstić information content (AvgIpc) is 3.11. The Morgan fingerprint density at radius 1 is 1.14 bits per heavy atom. The quantitative estimate of drug-likeness (QED) is 0.618. The van der Waals surface area contributed by atoms with Crippen molar-refractivity contribution in [2.45, 2.75) is 26.1 Å². The number of ether oxygens (including phenoxy) is 2. The van der Waals surface area contributed by atoms with Crippen LogP contribution in [0.4, 0.5) is 13.6 Å². The van der Waals surface area contributed by atoms with E-state index in [9.17, 15) is 13.6 Å². The Balaban J connectivity index is 1.57. The number of halogens is 2. The van der Waals surface area contributed by atoms with Crippen LogP contribution in [0, 0.1) is 0 Å². The van der Waals surface area contributed by atoms with Crippen LogP contribution in [-0.4, -0.2) is 19.8 Å². The average molecular weight is 390 g/mol. The first kappa shape index (κ1) is 19.5. The van der Waals surface area contributed by atoms with Crippen LogP contribution in [0.2, 0.25) is 0 Å². The van der Waals surface area contributed by atoms with Crippen molar-refractivity contribution < 1.29 is 27.5 Å². The second kappa shape index (κ2) is 8.60. The fourth-order valence-electron chi connectivity index (χ4n) is 2.73. The van der Waals surface area contributed by atoms with Gasteiger partial charge in [0, 0.05) is 11.9 Å². The molecule has 0 aliphatic carbocycles. The minimum absolute atomic E-state index is 0.0655. The van der Waals surface area contributed by atoms with Crippen molar-refractivity contribution in [3.8, 4) is 11.5 Å². The second-order valence-electron chi connectivity index (χ2n) is 6.10. The van der Waals surface area contributed by atoms with Crippen LogP contribution in [0.25, 0.3) is 11.0 Å². The van der Waals surface area contributed by atoms with E-state index in [4.69, 9.17) is 9.15 Å². The number of para-hydroxylation sites is 1. The van der Waals surface area contributed by atoms with E-state index in [0.29, 0.717) is 11.3 Å². The number of urea groups is 1. The molecule has 1 atom stereocenters. The number of nitrogens with one attached hydrogen (secondary N) is 2. The van der Waals surface area contributed by atoms with Gasteiger partial charge in [-0.15, -0.1) is 0 Å². The van der Waals surface area contributed by atoms with E-state index in [-0.39, 0.29) is 30.1 Å². The zero-order chi connectivity index (χ0) is 20.1. The van der Waals surface area contributed by atoms with Gasteiger partial charge in [-0.05, 0) is 36.8 Å². The molecule has 3 rings (SSSR count). The van der Waals surface area contributed by atoms with E-state index in [1.54, 1.807) is 6.07 Å². The van der Waals surface area contributed by atoms with Crippen molar-refractivity contribution in [1.82, 2.24) is 10.6 Å². The number of furan rings is 1. The lowest BCUT2D eigenvalue weighted by Crippen LogP contribution is -2.36. The largest absolute Gasteiger partial charge is 0.493 e. The van der Waals surface area contributed by atoms with E-state index in [2.05, 4.69) is 15.4 Å². The van der Waals surface area contributed by atoms with Crippen LogP contribution in [-0.2, 0) is 6.54 Å². The molecular formula is C20H20F2N2O4. The molecule has 0 unspecified atom stereocenters. The first-order valence-corrected chi connectivity index (χ1v) is 8.61. The maximum Gasteiger partial charge on any atom is 0.387 e. The third-order valence-corrected chi connectivity index (χ3v) is 4.12. The molecule has 148 valence electrons. The molecule has 1 heterocycles. The van der Waals surface area contributed by atoms with Gasteiger partial charge in [0.25, 0.3) is 0 Å². The molecule has 0 spiro atoms. The standard InChI is InChI=1S/C20H20F2N2O4/c1-12(17-10-14-5-3-4-6-15(14)27-17)24-20(25)23-11-13-7-8-16(28-19(21)22)18(9-13)26-2/h3-10,12,19H,11H2,1-2H3,(H2,23,24,25)/t12-/m0/s1. The normalized spacial score (nSPS) is 12.0. The molecule has 2 N–H and O–H groups in total. The van der Waals surface area contributed by atoms with Crippen molar-refractivity contribution in [1.29, 1.82) is 0 Å².